The monoisotopic (exact) mass is 228 g/mol. The van der Waals surface area contributed by atoms with Gasteiger partial charge in [0.05, 0.1) is 5.57 Å². The molecule has 3 unspecified atom stereocenters. The third kappa shape index (κ3) is 1.18. The minimum Gasteiger partial charge on any atom is -0.478 e. The Morgan fingerprint density at radius 2 is 2.00 bits per heavy atom. The fourth-order valence-corrected chi connectivity index (χ4v) is 1.93. The number of carbonyl (C=O) groups is 1. The van der Waals surface area contributed by atoms with Crippen LogP contribution in [0.3, 0.4) is 0 Å². The van der Waals surface area contributed by atoms with Crippen LogP contribution >= 0.6 is 0 Å². The van der Waals surface area contributed by atoms with Gasteiger partial charge in [0.1, 0.15) is 6.10 Å². The zero-order valence-electron chi connectivity index (χ0n) is 8.76. The Morgan fingerprint density at radius 3 is 2.44 bits per heavy atom. The lowest BCUT2D eigenvalue weighted by atomic mass is 9.85. The van der Waals surface area contributed by atoms with Gasteiger partial charge in [-0.25, -0.2) is 4.79 Å². The van der Waals surface area contributed by atoms with Crippen LogP contribution in [0.1, 0.15) is 13.8 Å². The molecule has 1 fully saturated rings. The molecule has 1 aliphatic heterocycles. The van der Waals surface area contributed by atoms with Crippen molar-refractivity contribution in [3.05, 3.63) is 22.8 Å². The predicted molar refractivity (Wildman–Crippen MR) is 51.1 cm³/mol. The maximum Gasteiger partial charge on any atom is 0.335 e. The number of ether oxygens (including phenoxy) is 1. The fourth-order valence-electron chi connectivity index (χ4n) is 1.93. The Balaban J connectivity index is 2.60. The van der Waals surface area contributed by atoms with Gasteiger partial charge in [-0.1, -0.05) is 5.57 Å². The third-order valence-electron chi connectivity index (χ3n) is 2.83. The summed E-state index contributed by atoms with van der Waals surface area (Å²) in [5, 5.41) is 38.0. The molecular formula is C10H12O6. The van der Waals surface area contributed by atoms with Crippen molar-refractivity contribution in [3.8, 4) is 0 Å². The molecule has 2 rings (SSSR count). The zero-order chi connectivity index (χ0) is 12.3. The summed E-state index contributed by atoms with van der Waals surface area (Å²) in [6.45, 7) is 3.21. The second kappa shape index (κ2) is 2.92. The molecule has 3 atom stereocenters. The standard InChI is InChI=1S/C10H12O6/c1-4(2)6-5(8(12)13)3-9(14)10(15,16-9)7(6)11/h3,7,11,14-15H,1-2H3,(H,12,13). The topological polar surface area (TPSA) is 111 Å². The highest BCUT2D eigenvalue weighted by molar-refractivity contribution is 5.93. The lowest BCUT2D eigenvalue weighted by Crippen LogP contribution is -2.43. The molecule has 0 spiro atoms. The Morgan fingerprint density at radius 1 is 1.44 bits per heavy atom. The van der Waals surface area contributed by atoms with E-state index in [-0.39, 0.29) is 11.1 Å². The molecule has 0 aromatic rings. The second-order valence-electron chi connectivity index (χ2n) is 4.17. The van der Waals surface area contributed by atoms with E-state index in [1.807, 2.05) is 0 Å². The Hall–Kier alpha value is -1.21. The minimum absolute atomic E-state index is 0.0668. The summed E-state index contributed by atoms with van der Waals surface area (Å²) in [6.07, 6.45) is -0.664. The van der Waals surface area contributed by atoms with Crippen LogP contribution in [0.5, 0.6) is 0 Å². The van der Waals surface area contributed by atoms with Gasteiger partial charge in [-0.15, -0.1) is 0 Å². The highest BCUT2D eigenvalue weighted by Crippen LogP contribution is 2.54. The summed E-state index contributed by atoms with van der Waals surface area (Å²) in [4.78, 5) is 11.0. The maximum absolute atomic E-state index is 11.0. The van der Waals surface area contributed by atoms with E-state index in [2.05, 4.69) is 4.74 Å². The molecule has 1 aliphatic carbocycles. The second-order valence-corrected chi connectivity index (χ2v) is 4.17. The van der Waals surface area contributed by atoms with Gasteiger partial charge in [0.25, 0.3) is 5.79 Å². The molecular weight excluding hydrogens is 216 g/mol. The molecule has 4 N–H and O–H groups in total. The van der Waals surface area contributed by atoms with Crippen LogP contribution in [-0.4, -0.2) is 44.1 Å². The largest absolute Gasteiger partial charge is 0.478 e. The number of aliphatic hydroxyl groups excluding tert-OH is 1. The average Bonchev–Trinajstić information content (AvgIpc) is 2.69. The first-order chi connectivity index (χ1) is 7.23. The molecule has 0 bridgehead atoms. The van der Waals surface area contributed by atoms with Gasteiger partial charge in [-0.2, -0.15) is 0 Å². The summed E-state index contributed by atoms with van der Waals surface area (Å²) in [5.41, 5.74) is 0.349. The Bertz CT molecular complexity index is 433. The molecule has 0 radical (unpaired) electrons. The van der Waals surface area contributed by atoms with E-state index in [4.69, 9.17) is 5.11 Å². The van der Waals surface area contributed by atoms with Crippen LogP contribution in [0.4, 0.5) is 0 Å². The van der Waals surface area contributed by atoms with E-state index >= 15 is 0 Å². The van der Waals surface area contributed by atoms with Gasteiger partial charge in [-0.3, -0.25) is 0 Å². The molecule has 2 aliphatic rings. The van der Waals surface area contributed by atoms with Crippen molar-refractivity contribution in [3.63, 3.8) is 0 Å². The quantitative estimate of drug-likeness (QED) is 0.433. The molecule has 0 amide bonds. The van der Waals surface area contributed by atoms with Gasteiger partial charge < -0.3 is 25.2 Å². The van der Waals surface area contributed by atoms with Crippen LogP contribution in [0, 0.1) is 0 Å². The molecule has 0 saturated carbocycles. The molecule has 1 heterocycles. The number of hydrogen-bond donors (Lipinski definition) is 4. The van der Waals surface area contributed by atoms with E-state index in [9.17, 15) is 20.1 Å². The minimum atomic E-state index is -2.13. The molecule has 0 aromatic carbocycles. The van der Waals surface area contributed by atoms with Crippen LogP contribution in [0.25, 0.3) is 0 Å². The Labute approximate surface area is 91.1 Å². The van der Waals surface area contributed by atoms with E-state index in [1.165, 1.54) is 0 Å². The lowest BCUT2D eigenvalue weighted by molar-refractivity contribution is -0.133. The van der Waals surface area contributed by atoms with E-state index < -0.39 is 23.6 Å². The molecule has 16 heavy (non-hydrogen) atoms. The van der Waals surface area contributed by atoms with E-state index in [1.54, 1.807) is 13.8 Å². The highest BCUT2D eigenvalue weighted by Gasteiger charge is 2.76. The number of aliphatic hydroxyl groups is 3. The lowest BCUT2D eigenvalue weighted by Gasteiger charge is -2.25. The van der Waals surface area contributed by atoms with Crippen LogP contribution < -0.4 is 0 Å². The number of aliphatic carboxylic acids is 1. The van der Waals surface area contributed by atoms with Crippen LogP contribution in [0.15, 0.2) is 22.8 Å². The van der Waals surface area contributed by atoms with Crippen LogP contribution in [-0.2, 0) is 9.53 Å². The summed E-state index contributed by atoms with van der Waals surface area (Å²) in [7, 11) is 0. The summed E-state index contributed by atoms with van der Waals surface area (Å²) >= 11 is 0. The van der Waals surface area contributed by atoms with Crippen LogP contribution in [0.2, 0.25) is 0 Å². The smallest absolute Gasteiger partial charge is 0.335 e. The summed E-state index contributed by atoms with van der Waals surface area (Å²) in [6, 6.07) is 0. The van der Waals surface area contributed by atoms with Crippen molar-refractivity contribution < 1.29 is 30.0 Å². The molecule has 0 aromatic heterocycles. The normalized spacial score (nSPS) is 41.2. The van der Waals surface area contributed by atoms with Gasteiger partial charge in [0.2, 0.25) is 5.79 Å². The number of carboxylic acid groups (broad SMARTS) is 1. The summed E-state index contributed by atoms with van der Waals surface area (Å²) < 4.78 is 4.61. The maximum atomic E-state index is 11.0. The number of allylic oxidation sites excluding steroid dienone is 1. The van der Waals surface area contributed by atoms with E-state index in [0.29, 0.717) is 5.57 Å². The summed E-state index contributed by atoms with van der Waals surface area (Å²) in [5.74, 6) is -5.52. The van der Waals surface area contributed by atoms with Gasteiger partial charge in [-0.05, 0) is 25.5 Å². The van der Waals surface area contributed by atoms with Crippen molar-refractivity contribution >= 4 is 5.97 Å². The first-order valence-corrected chi connectivity index (χ1v) is 4.70. The number of rotatable bonds is 1. The number of carboxylic acids is 1. The number of hydrogen-bond acceptors (Lipinski definition) is 5. The first-order valence-electron chi connectivity index (χ1n) is 4.70. The zero-order valence-corrected chi connectivity index (χ0v) is 8.76. The number of fused-ring (bicyclic) bond motifs is 1. The molecule has 1 saturated heterocycles. The SMILES string of the molecule is CC(C)=C1C(C(=O)O)=CC2(O)OC2(O)C1O. The fraction of sp³-hybridized carbons (Fsp3) is 0.500. The molecule has 6 nitrogen and oxygen atoms in total. The number of epoxide rings is 1. The van der Waals surface area contributed by atoms with Gasteiger partial charge in [0, 0.05) is 0 Å². The Kier molecular flexibility index (Phi) is 2.06. The van der Waals surface area contributed by atoms with Gasteiger partial charge in [0.15, 0.2) is 0 Å². The first kappa shape index (κ1) is 11.3. The van der Waals surface area contributed by atoms with Crippen molar-refractivity contribution in [2.45, 2.75) is 31.5 Å². The van der Waals surface area contributed by atoms with Crippen molar-refractivity contribution in [2.75, 3.05) is 0 Å². The van der Waals surface area contributed by atoms with E-state index in [0.717, 1.165) is 6.08 Å². The van der Waals surface area contributed by atoms with Crippen molar-refractivity contribution in [2.24, 2.45) is 0 Å². The van der Waals surface area contributed by atoms with Crippen molar-refractivity contribution in [1.82, 2.24) is 0 Å². The third-order valence-corrected chi connectivity index (χ3v) is 2.83. The molecule has 88 valence electrons. The van der Waals surface area contributed by atoms with Crippen molar-refractivity contribution in [1.29, 1.82) is 0 Å². The molecule has 6 heteroatoms. The average molecular weight is 228 g/mol. The predicted octanol–water partition coefficient (Wildman–Crippen LogP) is -0.884. The van der Waals surface area contributed by atoms with Gasteiger partial charge >= 0.3 is 5.97 Å². The highest BCUT2D eigenvalue weighted by atomic mass is 16.8.